The third-order valence-corrected chi connectivity index (χ3v) is 4.19. The Kier molecular flexibility index (Phi) is 4.42. The van der Waals surface area contributed by atoms with Crippen LogP contribution in [0.4, 0.5) is 0 Å². The Bertz CT molecular complexity index is 371. The first-order chi connectivity index (χ1) is 8.35. The lowest BCUT2D eigenvalue weighted by Gasteiger charge is -2.14. The quantitative estimate of drug-likeness (QED) is 0.611. The minimum Gasteiger partial charge on any atom is -0.0764 e. The maximum Gasteiger partial charge on any atom is 0.00272 e. The summed E-state index contributed by atoms with van der Waals surface area (Å²) in [6.45, 7) is 4.64. The average molecular weight is 228 g/mol. The fraction of sp³-hybridized carbons (Fsp3) is 0.529. The van der Waals surface area contributed by atoms with E-state index in [4.69, 9.17) is 0 Å². The van der Waals surface area contributed by atoms with Gasteiger partial charge >= 0.3 is 0 Å². The second-order valence-corrected chi connectivity index (χ2v) is 5.21. The summed E-state index contributed by atoms with van der Waals surface area (Å²) in [7, 11) is 0. The standard InChI is InChI=1S/C17H24/c1-3-14(4-2)8-7-10-16-13-12-15-9-5-6-11-17(15)16/h5-6,9,11-14,16H,3-4,7-8,10H2,1-2H3. The van der Waals surface area contributed by atoms with Crippen LogP contribution in [0, 0.1) is 5.92 Å². The average Bonchev–Trinajstić information content (AvgIpc) is 2.78. The maximum atomic E-state index is 2.39. The summed E-state index contributed by atoms with van der Waals surface area (Å²) in [6.07, 6.45) is 11.5. The van der Waals surface area contributed by atoms with Gasteiger partial charge in [0.1, 0.15) is 0 Å². The first-order valence-electron chi connectivity index (χ1n) is 7.12. The van der Waals surface area contributed by atoms with Crippen LogP contribution >= 0.6 is 0 Å². The molecule has 0 aromatic heterocycles. The number of hydrogen-bond acceptors (Lipinski definition) is 0. The highest BCUT2D eigenvalue weighted by Crippen LogP contribution is 2.34. The molecule has 0 saturated heterocycles. The molecule has 1 aliphatic carbocycles. The van der Waals surface area contributed by atoms with Gasteiger partial charge in [-0.25, -0.2) is 0 Å². The molecule has 0 saturated carbocycles. The molecule has 1 unspecified atom stereocenters. The van der Waals surface area contributed by atoms with Crippen molar-refractivity contribution >= 4 is 6.08 Å². The van der Waals surface area contributed by atoms with Crippen molar-refractivity contribution in [3.05, 3.63) is 41.5 Å². The molecular formula is C17H24. The molecule has 1 aromatic rings. The molecular weight excluding hydrogens is 204 g/mol. The van der Waals surface area contributed by atoms with E-state index in [-0.39, 0.29) is 0 Å². The molecule has 0 radical (unpaired) electrons. The van der Waals surface area contributed by atoms with Gasteiger partial charge in [-0.3, -0.25) is 0 Å². The lowest BCUT2D eigenvalue weighted by molar-refractivity contribution is 0.429. The molecule has 17 heavy (non-hydrogen) atoms. The lowest BCUT2D eigenvalue weighted by atomic mass is 9.91. The van der Waals surface area contributed by atoms with Gasteiger partial charge in [-0.05, 0) is 23.5 Å². The fourth-order valence-corrected chi connectivity index (χ4v) is 2.90. The molecule has 0 bridgehead atoms. The van der Waals surface area contributed by atoms with Crippen molar-refractivity contribution < 1.29 is 0 Å². The highest BCUT2D eigenvalue weighted by molar-refractivity contribution is 5.62. The van der Waals surface area contributed by atoms with Crippen LogP contribution < -0.4 is 0 Å². The van der Waals surface area contributed by atoms with Crippen molar-refractivity contribution in [2.45, 2.75) is 51.9 Å². The van der Waals surface area contributed by atoms with Crippen LogP contribution in [-0.2, 0) is 0 Å². The van der Waals surface area contributed by atoms with Gasteiger partial charge in [0.15, 0.2) is 0 Å². The summed E-state index contributed by atoms with van der Waals surface area (Å²) in [5.41, 5.74) is 2.97. The lowest BCUT2D eigenvalue weighted by Crippen LogP contribution is -1.99. The van der Waals surface area contributed by atoms with Gasteiger partial charge in [0.2, 0.25) is 0 Å². The normalized spacial score (nSPS) is 17.7. The smallest absolute Gasteiger partial charge is 0.00272 e. The van der Waals surface area contributed by atoms with Crippen molar-refractivity contribution in [2.24, 2.45) is 5.92 Å². The number of rotatable bonds is 6. The Morgan fingerprint density at radius 2 is 1.88 bits per heavy atom. The van der Waals surface area contributed by atoms with E-state index in [1.807, 2.05) is 0 Å². The Labute approximate surface area is 106 Å². The van der Waals surface area contributed by atoms with Crippen LogP contribution in [0.5, 0.6) is 0 Å². The Morgan fingerprint density at radius 1 is 1.12 bits per heavy atom. The SMILES string of the molecule is CCC(CC)CCCC1C=Cc2ccccc21. The van der Waals surface area contributed by atoms with E-state index in [1.54, 1.807) is 0 Å². The van der Waals surface area contributed by atoms with Crippen LogP contribution in [-0.4, -0.2) is 0 Å². The monoisotopic (exact) mass is 228 g/mol. The molecule has 0 heterocycles. The van der Waals surface area contributed by atoms with Crippen LogP contribution in [0.2, 0.25) is 0 Å². The topological polar surface area (TPSA) is 0 Å². The molecule has 0 amide bonds. The number of allylic oxidation sites excluding steroid dienone is 1. The Hall–Kier alpha value is -1.04. The number of benzene rings is 1. The summed E-state index contributed by atoms with van der Waals surface area (Å²) in [4.78, 5) is 0. The van der Waals surface area contributed by atoms with Gasteiger partial charge in [-0.15, -0.1) is 0 Å². The summed E-state index contributed by atoms with van der Waals surface area (Å²) in [6, 6.07) is 8.82. The van der Waals surface area contributed by atoms with E-state index in [2.05, 4.69) is 50.3 Å². The van der Waals surface area contributed by atoms with Gasteiger partial charge in [0.25, 0.3) is 0 Å². The highest BCUT2D eigenvalue weighted by atomic mass is 14.2. The third-order valence-electron chi connectivity index (χ3n) is 4.19. The van der Waals surface area contributed by atoms with E-state index in [0.29, 0.717) is 5.92 Å². The third kappa shape index (κ3) is 3.00. The summed E-state index contributed by atoms with van der Waals surface area (Å²) < 4.78 is 0. The second kappa shape index (κ2) is 6.05. The zero-order chi connectivity index (χ0) is 12.1. The molecule has 0 nitrogen and oxygen atoms in total. The molecule has 0 aliphatic heterocycles. The van der Waals surface area contributed by atoms with Gasteiger partial charge in [0, 0.05) is 5.92 Å². The fourth-order valence-electron chi connectivity index (χ4n) is 2.90. The zero-order valence-corrected chi connectivity index (χ0v) is 11.2. The van der Waals surface area contributed by atoms with Crippen LogP contribution in [0.1, 0.15) is 63.0 Å². The minimum atomic E-state index is 0.681. The molecule has 0 fully saturated rings. The maximum absolute atomic E-state index is 2.39. The number of hydrogen-bond donors (Lipinski definition) is 0. The molecule has 1 atom stereocenters. The first kappa shape index (κ1) is 12.4. The largest absolute Gasteiger partial charge is 0.0764 e. The predicted octanol–water partition coefficient (Wildman–Crippen LogP) is 5.40. The van der Waals surface area contributed by atoms with Crippen molar-refractivity contribution in [1.82, 2.24) is 0 Å². The van der Waals surface area contributed by atoms with Gasteiger partial charge < -0.3 is 0 Å². The molecule has 1 aromatic carbocycles. The molecule has 0 N–H and O–H groups in total. The van der Waals surface area contributed by atoms with Crippen molar-refractivity contribution in [3.63, 3.8) is 0 Å². The van der Waals surface area contributed by atoms with Gasteiger partial charge in [-0.2, -0.15) is 0 Å². The molecule has 92 valence electrons. The molecule has 2 rings (SSSR count). The van der Waals surface area contributed by atoms with Gasteiger partial charge in [0.05, 0.1) is 0 Å². The van der Waals surface area contributed by atoms with Crippen molar-refractivity contribution in [1.29, 1.82) is 0 Å². The van der Waals surface area contributed by atoms with E-state index in [1.165, 1.54) is 43.2 Å². The first-order valence-corrected chi connectivity index (χ1v) is 7.12. The predicted molar refractivity (Wildman–Crippen MR) is 76.1 cm³/mol. The Balaban J connectivity index is 1.84. The molecule has 1 aliphatic rings. The summed E-state index contributed by atoms with van der Waals surface area (Å²) in [5.74, 6) is 1.62. The van der Waals surface area contributed by atoms with Crippen molar-refractivity contribution in [3.8, 4) is 0 Å². The van der Waals surface area contributed by atoms with Crippen LogP contribution in [0.3, 0.4) is 0 Å². The molecule has 0 spiro atoms. The summed E-state index contributed by atoms with van der Waals surface area (Å²) in [5, 5.41) is 0. The zero-order valence-electron chi connectivity index (χ0n) is 11.2. The Morgan fingerprint density at radius 3 is 2.65 bits per heavy atom. The van der Waals surface area contributed by atoms with Crippen LogP contribution in [0.25, 0.3) is 6.08 Å². The van der Waals surface area contributed by atoms with E-state index >= 15 is 0 Å². The van der Waals surface area contributed by atoms with Gasteiger partial charge in [-0.1, -0.05) is 75.9 Å². The second-order valence-electron chi connectivity index (χ2n) is 5.21. The minimum absolute atomic E-state index is 0.681. The van der Waals surface area contributed by atoms with E-state index < -0.39 is 0 Å². The van der Waals surface area contributed by atoms with E-state index in [0.717, 1.165) is 5.92 Å². The van der Waals surface area contributed by atoms with Crippen LogP contribution in [0.15, 0.2) is 30.3 Å². The summed E-state index contributed by atoms with van der Waals surface area (Å²) >= 11 is 0. The highest BCUT2D eigenvalue weighted by Gasteiger charge is 2.16. The molecule has 0 heteroatoms. The van der Waals surface area contributed by atoms with E-state index in [9.17, 15) is 0 Å². The van der Waals surface area contributed by atoms with Crippen molar-refractivity contribution in [2.75, 3.05) is 0 Å². The number of fused-ring (bicyclic) bond motifs is 1.